The maximum Gasteiger partial charge on any atom is 0.342 e. The fourth-order valence-corrected chi connectivity index (χ4v) is 2.12. The predicted octanol–water partition coefficient (Wildman–Crippen LogP) is 0.672. The summed E-state index contributed by atoms with van der Waals surface area (Å²) in [6, 6.07) is 0. The smallest absolute Gasteiger partial charge is 0.342 e. The molecule has 8 heteroatoms. The Hall–Kier alpha value is -1.57. The minimum atomic E-state index is -0.673. The van der Waals surface area contributed by atoms with E-state index in [4.69, 9.17) is 4.74 Å². The number of nitrogens with one attached hydrogen (secondary N) is 2. The Morgan fingerprint density at radius 1 is 1.42 bits per heavy atom. The van der Waals surface area contributed by atoms with Crippen molar-refractivity contribution in [2.45, 2.75) is 43.4 Å². The van der Waals surface area contributed by atoms with Gasteiger partial charge in [-0.1, -0.05) is 32.0 Å². The van der Waals surface area contributed by atoms with E-state index >= 15 is 0 Å². The van der Waals surface area contributed by atoms with Crippen LogP contribution in [-0.2, 0) is 9.53 Å². The third-order valence-electron chi connectivity index (χ3n) is 2.31. The standard InChI is InChI=1S/C11H17N3O4S/c1-3-5-6-18-10(16)7(4-2)19-9-8(15)12-11(17)14-13-9/h7H,3-6H2,1-2H3,(H2,12,14,15,17). The number of esters is 1. The Morgan fingerprint density at radius 3 is 2.74 bits per heavy atom. The zero-order valence-corrected chi connectivity index (χ0v) is 11.7. The number of thioether (sulfide) groups is 1. The van der Waals surface area contributed by atoms with E-state index in [0.717, 1.165) is 24.6 Å². The number of carbonyl (C=O) groups is 1. The number of unbranched alkanes of at least 4 members (excludes halogenated alkanes) is 1. The lowest BCUT2D eigenvalue weighted by Gasteiger charge is -2.12. The molecule has 0 bridgehead atoms. The van der Waals surface area contributed by atoms with Gasteiger partial charge in [-0.15, -0.1) is 0 Å². The summed E-state index contributed by atoms with van der Waals surface area (Å²) in [5.41, 5.74) is -1.28. The van der Waals surface area contributed by atoms with Crippen LogP contribution >= 0.6 is 11.8 Å². The molecule has 0 amide bonds. The predicted molar refractivity (Wildman–Crippen MR) is 71.3 cm³/mol. The summed E-state index contributed by atoms with van der Waals surface area (Å²) in [6.45, 7) is 4.20. The van der Waals surface area contributed by atoms with Gasteiger partial charge in [-0.25, -0.2) is 9.89 Å². The first-order valence-electron chi connectivity index (χ1n) is 6.10. The lowest BCUT2D eigenvalue weighted by molar-refractivity contribution is -0.143. The van der Waals surface area contributed by atoms with Gasteiger partial charge < -0.3 is 4.74 Å². The second kappa shape index (κ2) is 7.78. The number of hydrogen-bond donors (Lipinski definition) is 2. The largest absolute Gasteiger partial charge is 0.465 e. The van der Waals surface area contributed by atoms with Gasteiger partial charge in [0.1, 0.15) is 5.25 Å². The van der Waals surface area contributed by atoms with Crippen molar-refractivity contribution in [1.82, 2.24) is 15.2 Å². The summed E-state index contributed by atoms with van der Waals surface area (Å²) in [4.78, 5) is 36.1. The molecule has 0 aromatic carbocycles. The summed E-state index contributed by atoms with van der Waals surface area (Å²) in [5, 5.41) is 5.30. The third kappa shape index (κ3) is 4.90. The van der Waals surface area contributed by atoms with Crippen molar-refractivity contribution in [3.05, 3.63) is 20.8 Å². The van der Waals surface area contributed by atoms with Crippen molar-refractivity contribution in [1.29, 1.82) is 0 Å². The zero-order valence-electron chi connectivity index (χ0n) is 10.9. The van der Waals surface area contributed by atoms with E-state index in [9.17, 15) is 14.4 Å². The Balaban J connectivity index is 2.68. The van der Waals surface area contributed by atoms with E-state index in [0.29, 0.717) is 13.0 Å². The van der Waals surface area contributed by atoms with Crippen LogP contribution < -0.4 is 11.2 Å². The van der Waals surface area contributed by atoms with Crippen LogP contribution in [0.2, 0.25) is 0 Å². The zero-order chi connectivity index (χ0) is 14.3. The second-order valence-corrected chi connectivity index (χ2v) is 5.04. The normalized spacial score (nSPS) is 12.1. The Kier molecular flexibility index (Phi) is 6.34. The molecule has 0 spiro atoms. The van der Waals surface area contributed by atoms with Crippen LogP contribution in [0.15, 0.2) is 14.6 Å². The minimum absolute atomic E-state index is 0.0545. The Morgan fingerprint density at radius 2 is 2.16 bits per heavy atom. The van der Waals surface area contributed by atoms with Crippen LogP contribution in [0.1, 0.15) is 33.1 Å². The molecule has 0 aliphatic rings. The van der Waals surface area contributed by atoms with E-state index in [2.05, 4.69) is 15.2 Å². The van der Waals surface area contributed by atoms with Crippen LogP contribution in [0.3, 0.4) is 0 Å². The molecule has 1 atom stereocenters. The molecule has 1 unspecified atom stereocenters. The summed E-state index contributed by atoms with van der Waals surface area (Å²) in [6.07, 6.45) is 2.26. The van der Waals surface area contributed by atoms with Gasteiger partial charge in [0.25, 0.3) is 5.56 Å². The molecule has 19 heavy (non-hydrogen) atoms. The number of H-pyrrole nitrogens is 2. The molecule has 0 aliphatic heterocycles. The topological polar surface area (TPSA) is 105 Å². The van der Waals surface area contributed by atoms with E-state index in [1.165, 1.54) is 0 Å². The second-order valence-electron chi connectivity index (χ2n) is 3.85. The molecular formula is C11H17N3O4S. The van der Waals surface area contributed by atoms with Gasteiger partial charge in [-0.05, 0) is 12.8 Å². The van der Waals surface area contributed by atoms with E-state index in [-0.39, 0.29) is 11.0 Å². The third-order valence-corrected chi connectivity index (χ3v) is 3.62. The van der Waals surface area contributed by atoms with Gasteiger partial charge in [0.15, 0.2) is 5.03 Å². The van der Waals surface area contributed by atoms with Gasteiger partial charge in [0.2, 0.25) is 0 Å². The monoisotopic (exact) mass is 287 g/mol. The van der Waals surface area contributed by atoms with Crippen LogP contribution in [0.4, 0.5) is 0 Å². The minimum Gasteiger partial charge on any atom is -0.465 e. The molecule has 7 nitrogen and oxygen atoms in total. The summed E-state index contributed by atoms with van der Waals surface area (Å²) in [5.74, 6) is -0.367. The fourth-order valence-electron chi connectivity index (χ4n) is 1.26. The van der Waals surface area contributed by atoms with Crippen molar-refractivity contribution >= 4 is 17.7 Å². The Labute approximate surface area is 114 Å². The van der Waals surface area contributed by atoms with Crippen LogP contribution in [0.25, 0.3) is 0 Å². The van der Waals surface area contributed by atoms with Crippen molar-refractivity contribution < 1.29 is 9.53 Å². The molecular weight excluding hydrogens is 270 g/mol. The van der Waals surface area contributed by atoms with Crippen molar-refractivity contribution in [3.63, 3.8) is 0 Å². The van der Waals surface area contributed by atoms with E-state index < -0.39 is 16.5 Å². The molecule has 0 aliphatic carbocycles. The van der Waals surface area contributed by atoms with Gasteiger partial charge >= 0.3 is 11.7 Å². The summed E-state index contributed by atoms with van der Waals surface area (Å²) >= 11 is 0.991. The Bertz CT molecular complexity index is 525. The first-order chi connectivity index (χ1) is 9.08. The molecule has 1 aromatic heterocycles. The average molecular weight is 287 g/mol. The molecule has 2 N–H and O–H groups in total. The average Bonchev–Trinajstić information content (AvgIpc) is 2.38. The molecule has 106 valence electrons. The van der Waals surface area contributed by atoms with Crippen LogP contribution in [-0.4, -0.2) is 33.0 Å². The lowest BCUT2D eigenvalue weighted by atomic mass is 10.3. The number of hydrogen-bond acceptors (Lipinski definition) is 6. The molecule has 0 radical (unpaired) electrons. The fraction of sp³-hybridized carbons (Fsp3) is 0.636. The summed E-state index contributed by atoms with van der Waals surface area (Å²) in [7, 11) is 0. The number of aromatic amines is 2. The van der Waals surface area contributed by atoms with E-state index in [1.54, 1.807) is 0 Å². The van der Waals surface area contributed by atoms with Crippen molar-refractivity contribution in [2.75, 3.05) is 6.61 Å². The maximum atomic E-state index is 11.8. The first-order valence-corrected chi connectivity index (χ1v) is 6.98. The SMILES string of the molecule is CCCCOC(=O)C(CC)Sc1n[nH]c(=O)[nH]c1=O. The molecule has 1 rings (SSSR count). The highest BCUT2D eigenvalue weighted by Gasteiger charge is 2.21. The van der Waals surface area contributed by atoms with Gasteiger partial charge in [0, 0.05) is 0 Å². The van der Waals surface area contributed by atoms with Crippen LogP contribution in [0.5, 0.6) is 0 Å². The van der Waals surface area contributed by atoms with E-state index in [1.807, 2.05) is 13.8 Å². The molecule has 0 fully saturated rings. The number of carbonyl (C=O) groups excluding carboxylic acids is 1. The molecule has 1 heterocycles. The molecule has 0 saturated heterocycles. The first kappa shape index (κ1) is 15.5. The van der Waals surface area contributed by atoms with Crippen molar-refractivity contribution in [3.8, 4) is 0 Å². The lowest BCUT2D eigenvalue weighted by Crippen LogP contribution is -2.27. The number of rotatable bonds is 7. The summed E-state index contributed by atoms with van der Waals surface area (Å²) < 4.78 is 5.10. The van der Waals surface area contributed by atoms with Crippen LogP contribution in [0, 0.1) is 0 Å². The maximum absolute atomic E-state index is 11.8. The molecule has 1 aromatic rings. The molecule has 0 saturated carbocycles. The van der Waals surface area contributed by atoms with Gasteiger partial charge in [-0.2, -0.15) is 5.10 Å². The van der Waals surface area contributed by atoms with Gasteiger partial charge in [0.05, 0.1) is 6.61 Å². The highest BCUT2D eigenvalue weighted by atomic mass is 32.2. The highest BCUT2D eigenvalue weighted by molar-refractivity contribution is 8.00. The number of ether oxygens (including phenoxy) is 1. The number of nitrogens with zero attached hydrogens (tertiary/aromatic N) is 1. The van der Waals surface area contributed by atoms with Crippen molar-refractivity contribution in [2.24, 2.45) is 0 Å². The number of aromatic nitrogens is 3. The highest BCUT2D eigenvalue weighted by Crippen LogP contribution is 2.21. The van der Waals surface area contributed by atoms with Gasteiger partial charge in [-0.3, -0.25) is 14.6 Å². The quantitative estimate of drug-likeness (QED) is 0.434.